The van der Waals surface area contributed by atoms with E-state index in [2.05, 4.69) is 18.8 Å². The summed E-state index contributed by atoms with van der Waals surface area (Å²) in [6.07, 6.45) is 0.602. The number of hydrogen-bond acceptors (Lipinski definition) is 2. The van der Waals surface area contributed by atoms with Crippen LogP contribution in [-0.2, 0) is 0 Å². The van der Waals surface area contributed by atoms with Crippen molar-refractivity contribution in [2.75, 3.05) is 0 Å². The van der Waals surface area contributed by atoms with E-state index in [0.717, 1.165) is 22.2 Å². The van der Waals surface area contributed by atoms with Gasteiger partial charge in [-0.2, -0.15) is 0 Å². The molecule has 2 nitrogen and oxygen atoms in total. The van der Waals surface area contributed by atoms with E-state index in [4.69, 9.17) is 0 Å². The van der Waals surface area contributed by atoms with Crippen molar-refractivity contribution in [2.45, 2.75) is 27.2 Å². The number of benzene rings is 1. The Bertz CT molecular complexity index is 558. The lowest BCUT2D eigenvalue weighted by atomic mass is 10.00. The summed E-state index contributed by atoms with van der Waals surface area (Å²) in [5.74, 6) is 0.608. The molecule has 0 atom stereocenters. The van der Waals surface area contributed by atoms with Gasteiger partial charge in [-0.25, -0.2) is 0 Å². The largest absolute Gasteiger partial charge is 0.294 e. The molecule has 0 amide bonds. The van der Waals surface area contributed by atoms with E-state index in [1.165, 1.54) is 0 Å². The monoisotopic (exact) mass is 227 g/mol. The van der Waals surface area contributed by atoms with E-state index in [0.29, 0.717) is 12.3 Å². The number of ketones is 1. The predicted octanol–water partition coefficient (Wildman–Crippen LogP) is 3.77. The van der Waals surface area contributed by atoms with Crippen LogP contribution >= 0.6 is 0 Å². The van der Waals surface area contributed by atoms with Crippen molar-refractivity contribution in [3.63, 3.8) is 0 Å². The Labute approximate surface area is 102 Å². The Kier molecular flexibility index (Phi) is 3.23. The van der Waals surface area contributed by atoms with Crippen molar-refractivity contribution in [2.24, 2.45) is 5.92 Å². The van der Waals surface area contributed by atoms with Gasteiger partial charge in [0, 0.05) is 23.1 Å². The summed E-state index contributed by atoms with van der Waals surface area (Å²) in [7, 11) is 0. The zero-order chi connectivity index (χ0) is 12.4. The molecule has 1 aromatic heterocycles. The molecule has 0 radical (unpaired) electrons. The van der Waals surface area contributed by atoms with Crippen molar-refractivity contribution in [3.05, 3.63) is 41.6 Å². The van der Waals surface area contributed by atoms with Crippen molar-refractivity contribution >= 4 is 16.7 Å². The van der Waals surface area contributed by atoms with Gasteiger partial charge in [0.1, 0.15) is 0 Å². The predicted molar refractivity (Wildman–Crippen MR) is 70.3 cm³/mol. The Hall–Kier alpha value is -1.70. The Balaban J connectivity index is 2.38. The molecule has 0 aliphatic rings. The highest BCUT2D eigenvalue weighted by Gasteiger charge is 2.08. The fourth-order valence-corrected chi connectivity index (χ4v) is 1.89. The van der Waals surface area contributed by atoms with Gasteiger partial charge < -0.3 is 0 Å². The highest BCUT2D eigenvalue weighted by molar-refractivity contribution is 5.99. The number of rotatable bonds is 3. The molecule has 0 saturated heterocycles. The summed E-state index contributed by atoms with van der Waals surface area (Å²) in [4.78, 5) is 16.4. The summed E-state index contributed by atoms with van der Waals surface area (Å²) in [6, 6.07) is 9.73. The normalized spacial score (nSPS) is 11.1. The van der Waals surface area contributed by atoms with Gasteiger partial charge in [0.05, 0.1) is 5.52 Å². The molecule has 0 unspecified atom stereocenters. The van der Waals surface area contributed by atoms with Crippen LogP contribution in [0.25, 0.3) is 10.9 Å². The first-order chi connectivity index (χ1) is 8.06. The van der Waals surface area contributed by atoms with Crippen LogP contribution in [0.3, 0.4) is 0 Å². The number of carbonyl (C=O) groups excluding carboxylic acids is 1. The average molecular weight is 227 g/mol. The molecule has 2 heteroatoms. The standard InChI is InChI=1S/C15H17NO/c1-10(2)8-15(17)13-6-7-14-12(9-13)5-4-11(3)16-14/h4-7,9-10H,8H2,1-3H3. The van der Waals surface area contributed by atoms with Crippen molar-refractivity contribution in [1.29, 1.82) is 0 Å². The maximum atomic E-state index is 11.9. The molecule has 88 valence electrons. The van der Waals surface area contributed by atoms with Gasteiger partial charge in [0.25, 0.3) is 0 Å². The minimum Gasteiger partial charge on any atom is -0.294 e. The lowest BCUT2D eigenvalue weighted by molar-refractivity contribution is 0.0968. The Morgan fingerprint density at radius 1 is 1.24 bits per heavy atom. The minimum atomic E-state index is 0.211. The number of carbonyl (C=O) groups is 1. The Morgan fingerprint density at radius 3 is 2.71 bits per heavy atom. The third-order valence-corrected chi connectivity index (χ3v) is 2.74. The molecule has 0 fully saturated rings. The van der Waals surface area contributed by atoms with Crippen LogP contribution in [-0.4, -0.2) is 10.8 Å². The molecular formula is C15H17NO. The van der Waals surface area contributed by atoms with Gasteiger partial charge in [-0.05, 0) is 37.1 Å². The van der Waals surface area contributed by atoms with Crippen LogP contribution in [0.5, 0.6) is 0 Å². The van der Waals surface area contributed by atoms with Gasteiger partial charge >= 0.3 is 0 Å². The van der Waals surface area contributed by atoms with Crippen LogP contribution in [0, 0.1) is 12.8 Å². The molecular weight excluding hydrogens is 210 g/mol. The van der Waals surface area contributed by atoms with Crippen molar-refractivity contribution in [1.82, 2.24) is 4.98 Å². The molecule has 0 spiro atoms. The van der Waals surface area contributed by atoms with E-state index >= 15 is 0 Å². The summed E-state index contributed by atoms with van der Waals surface area (Å²) < 4.78 is 0. The molecule has 2 aromatic rings. The fourth-order valence-electron chi connectivity index (χ4n) is 1.89. The van der Waals surface area contributed by atoms with Gasteiger partial charge in [-0.15, -0.1) is 0 Å². The van der Waals surface area contributed by atoms with Gasteiger partial charge in [0.2, 0.25) is 0 Å². The maximum absolute atomic E-state index is 11.9. The summed E-state index contributed by atoms with van der Waals surface area (Å²) in [6.45, 7) is 6.09. The van der Waals surface area contributed by atoms with Crippen LogP contribution < -0.4 is 0 Å². The highest BCUT2D eigenvalue weighted by atomic mass is 16.1. The second-order valence-electron chi connectivity index (χ2n) is 4.88. The maximum Gasteiger partial charge on any atom is 0.163 e. The fraction of sp³-hybridized carbons (Fsp3) is 0.333. The molecule has 0 N–H and O–H groups in total. The SMILES string of the molecule is Cc1ccc2cc(C(=O)CC(C)C)ccc2n1. The third kappa shape index (κ3) is 2.70. The average Bonchev–Trinajstić information content (AvgIpc) is 2.27. The number of aromatic nitrogens is 1. The summed E-state index contributed by atoms with van der Waals surface area (Å²) >= 11 is 0. The van der Waals surface area contributed by atoms with E-state index in [9.17, 15) is 4.79 Å². The molecule has 0 aliphatic heterocycles. The Morgan fingerprint density at radius 2 is 2.00 bits per heavy atom. The van der Waals surface area contributed by atoms with E-state index in [1.807, 2.05) is 37.3 Å². The van der Waals surface area contributed by atoms with Gasteiger partial charge in [0.15, 0.2) is 5.78 Å². The molecule has 1 aromatic carbocycles. The van der Waals surface area contributed by atoms with Gasteiger partial charge in [-0.3, -0.25) is 9.78 Å². The third-order valence-electron chi connectivity index (χ3n) is 2.74. The molecule has 0 aliphatic carbocycles. The first kappa shape index (κ1) is 11.8. The van der Waals surface area contributed by atoms with Crippen molar-refractivity contribution in [3.8, 4) is 0 Å². The first-order valence-electron chi connectivity index (χ1n) is 5.97. The minimum absolute atomic E-state index is 0.211. The van der Waals surface area contributed by atoms with E-state index in [-0.39, 0.29) is 5.78 Å². The van der Waals surface area contributed by atoms with Crippen LogP contribution in [0.2, 0.25) is 0 Å². The van der Waals surface area contributed by atoms with Crippen LogP contribution in [0.1, 0.15) is 36.3 Å². The molecule has 0 bridgehead atoms. The smallest absolute Gasteiger partial charge is 0.163 e. The van der Waals surface area contributed by atoms with Crippen LogP contribution in [0.4, 0.5) is 0 Å². The number of pyridine rings is 1. The zero-order valence-electron chi connectivity index (χ0n) is 10.5. The van der Waals surface area contributed by atoms with Crippen LogP contribution in [0.15, 0.2) is 30.3 Å². The second-order valence-corrected chi connectivity index (χ2v) is 4.88. The molecule has 1 heterocycles. The number of hydrogen-bond donors (Lipinski definition) is 0. The summed E-state index contributed by atoms with van der Waals surface area (Å²) in [5.41, 5.74) is 2.74. The summed E-state index contributed by atoms with van der Waals surface area (Å²) in [5, 5.41) is 1.03. The van der Waals surface area contributed by atoms with Crippen molar-refractivity contribution < 1.29 is 4.79 Å². The number of nitrogens with zero attached hydrogens (tertiary/aromatic N) is 1. The lowest BCUT2D eigenvalue weighted by Crippen LogP contribution is -2.03. The first-order valence-corrected chi connectivity index (χ1v) is 5.97. The quantitative estimate of drug-likeness (QED) is 0.747. The number of Topliss-reactive ketones (excluding diaryl/α,β-unsaturated/α-hetero) is 1. The number of fused-ring (bicyclic) bond motifs is 1. The molecule has 17 heavy (non-hydrogen) atoms. The van der Waals surface area contributed by atoms with E-state index in [1.54, 1.807) is 0 Å². The molecule has 2 rings (SSSR count). The highest BCUT2D eigenvalue weighted by Crippen LogP contribution is 2.17. The zero-order valence-corrected chi connectivity index (χ0v) is 10.5. The second kappa shape index (κ2) is 4.66. The number of aryl methyl sites for hydroxylation is 1. The molecule has 0 saturated carbocycles. The lowest BCUT2D eigenvalue weighted by Gasteiger charge is -2.05. The topological polar surface area (TPSA) is 30.0 Å². The van der Waals surface area contributed by atoms with Gasteiger partial charge in [-0.1, -0.05) is 19.9 Å². The van der Waals surface area contributed by atoms with E-state index < -0.39 is 0 Å².